The Labute approximate surface area is 304 Å². The van der Waals surface area contributed by atoms with Crippen molar-refractivity contribution in [2.24, 2.45) is 0 Å². The van der Waals surface area contributed by atoms with E-state index in [2.05, 4.69) is 186 Å². The van der Waals surface area contributed by atoms with Gasteiger partial charge in [0.1, 0.15) is 0 Å². The predicted octanol–water partition coefficient (Wildman–Crippen LogP) is 12.6. The first kappa shape index (κ1) is 31.3. The molecule has 0 saturated heterocycles. The minimum atomic E-state index is -0.123. The predicted molar refractivity (Wildman–Crippen MR) is 212 cm³/mol. The first-order valence-electron chi connectivity index (χ1n) is 17.6. The van der Waals surface area contributed by atoms with E-state index in [0.29, 0.717) is 11.8 Å². The Balaban J connectivity index is 1.12. The number of hydrogen-bond acceptors (Lipinski definition) is 5. The first-order chi connectivity index (χ1) is 25.5. The number of fused-ring (bicyclic) bond motifs is 3. The largest absolute Gasteiger partial charge is 0.416 e. The highest BCUT2D eigenvalue weighted by atomic mass is 16.4. The number of aromatic nitrogens is 2. The molecule has 0 amide bonds. The Morgan fingerprint density at radius 2 is 0.788 bits per heavy atom. The second-order valence-electron chi connectivity index (χ2n) is 13.6. The molecule has 0 fully saturated rings. The molecule has 52 heavy (non-hydrogen) atoms. The second kappa shape index (κ2) is 12.9. The number of nitrogens with zero attached hydrogens (tertiary/aromatic N) is 4. The van der Waals surface area contributed by atoms with Crippen molar-refractivity contribution in [3.05, 3.63) is 193 Å². The van der Waals surface area contributed by atoms with Gasteiger partial charge in [-0.3, -0.25) is 0 Å². The Kier molecular flexibility index (Phi) is 7.74. The van der Waals surface area contributed by atoms with Crippen molar-refractivity contribution >= 4 is 34.1 Å². The highest BCUT2D eigenvalue weighted by Gasteiger charge is 2.35. The molecule has 0 saturated carbocycles. The topological polar surface area (TPSA) is 45.4 Å². The summed E-state index contributed by atoms with van der Waals surface area (Å²) in [6.45, 7) is 4.65. The molecule has 5 heteroatoms. The molecule has 7 aromatic carbocycles. The van der Waals surface area contributed by atoms with Crippen LogP contribution in [0, 0.1) is 0 Å². The zero-order valence-corrected chi connectivity index (χ0v) is 29.0. The third-order valence-corrected chi connectivity index (χ3v) is 10.0. The standard InChI is InChI=1S/C47H36N4O/c1-47(2)43-21-13-12-20-41(43)42-31-30-40(32-44(42)47)51(37-24-22-34(23-25-37)46-49-48-45(52-46)33-14-6-3-7-15-33)39-28-26-38(27-29-39)50(35-16-8-4-9-17-35)36-18-10-5-11-19-36/h3-32H,1-2H3. The third-order valence-electron chi connectivity index (χ3n) is 10.0. The third kappa shape index (κ3) is 5.53. The van der Waals surface area contributed by atoms with Crippen molar-refractivity contribution in [1.29, 1.82) is 0 Å². The summed E-state index contributed by atoms with van der Waals surface area (Å²) in [4.78, 5) is 4.61. The van der Waals surface area contributed by atoms with Gasteiger partial charge in [0.05, 0.1) is 0 Å². The maximum Gasteiger partial charge on any atom is 0.248 e. The molecule has 0 spiro atoms. The van der Waals surface area contributed by atoms with Crippen molar-refractivity contribution in [2.75, 3.05) is 9.80 Å². The van der Waals surface area contributed by atoms with Crippen molar-refractivity contribution in [3.8, 4) is 34.0 Å². The van der Waals surface area contributed by atoms with Gasteiger partial charge in [-0.25, -0.2) is 0 Å². The van der Waals surface area contributed by atoms with E-state index in [9.17, 15) is 0 Å². The lowest BCUT2D eigenvalue weighted by molar-refractivity contribution is 0.584. The van der Waals surface area contributed by atoms with E-state index in [4.69, 9.17) is 4.42 Å². The van der Waals surface area contributed by atoms with Crippen LogP contribution in [-0.4, -0.2) is 10.2 Å². The monoisotopic (exact) mass is 672 g/mol. The van der Waals surface area contributed by atoms with Crippen LogP contribution in [0.5, 0.6) is 0 Å². The summed E-state index contributed by atoms with van der Waals surface area (Å²) in [5, 5.41) is 8.68. The molecule has 1 aliphatic rings. The molecule has 5 nitrogen and oxygen atoms in total. The molecule has 0 unspecified atom stereocenters. The molecule has 250 valence electrons. The van der Waals surface area contributed by atoms with Gasteiger partial charge in [0.25, 0.3) is 0 Å². The SMILES string of the molecule is CC1(C)c2ccccc2-c2ccc(N(c3ccc(-c4nnc(-c5ccccc5)o4)cc3)c3ccc(N(c4ccccc4)c4ccccc4)cc3)cc21. The maximum absolute atomic E-state index is 6.10. The molecular weight excluding hydrogens is 637 g/mol. The van der Waals surface area contributed by atoms with Gasteiger partial charge in [-0.2, -0.15) is 0 Å². The van der Waals surface area contributed by atoms with E-state index >= 15 is 0 Å². The molecule has 0 bridgehead atoms. The van der Waals surface area contributed by atoms with Crippen molar-refractivity contribution < 1.29 is 4.42 Å². The summed E-state index contributed by atoms with van der Waals surface area (Å²) in [5.74, 6) is 0.989. The number of benzene rings is 7. The molecule has 0 aliphatic heterocycles. The molecule has 9 rings (SSSR count). The van der Waals surface area contributed by atoms with E-state index in [-0.39, 0.29) is 5.41 Å². The van der Waals surface area contributed by atoms with Gasteiger partial charge >= 0.3 is 0 Å². The number of anilines is 6. The van der Waals surface area contributed by atoms with Crippen LogP contribution in [0.25, 0.3) is 34.0 Å². The Bertz CT molecular complexity index is 2430. The lowest BCUT2D eigenvalue weighted by Gasteiger charge is -2.29. The van der Waals surface area contributed by atoms with Crippen LogP contribution in [0.3, 0.4) is 0 Å². The quantitative estimate of drug-likeness (QED) is 0.161. The lowest BCUT2D eigenvalue weighted by Crippen LogP contribution is -2.16. The molecule has 1 aliphatic carbocycles. The Morgan fingerprint density at radius 3 is 1.37 bits per heavy atom. The minimum absolute atomic E-state index is 0.123. The van der Waals surface area contributed by atoms with E-state index < -0.39 is 0 Å². The fraction of sp³-hybridized carbons (Fsp3) is 0.0638. The van der Waals surface area contributed by atoms with Crippen LogP contribution < -0.4 is 9.80 Å². The van der Waals surface area contributed by atoms with E-state index in [1.165, 1.54) is 22.3 Å². The van der Waals surface area contributed by atoms with Gasteiger partial charge in [0.15, 0.2) is 0 Å². The summed E-state index contributed by atoms with van der Waals surface area (Å²) < 4.78 is 6.10. The smallest absolute Gasteiger partial charge is 0.248 e. The van der Waals surface area contributed by atoms with Crippen LogP contribution >= 0.6 is 0 Å². The molecular formula is C47H36N4O. The minimum Gasteiger partial charge on any atom is -0.416 e. The van der Waals surface area contributed by atoms with Gasteiger partial charge in [-0.1, -0.05) is 98.8 Å². The van der Waals surface area contributed by atoms with E-state index in [1.54, 1.807) is 0 Å². The first-order valence-corrected chi connectivity index (χ1v) is 17.6. The molecule has 0 atom stereocenters. The fourth-order valence-corrected chi connectivity index (χ4v) is 7.42. The average Bonchev–Trinajstić information content (AvgIpc) is 3.79. The van der Waals surface area contributed by atoms with Gasteiger partial charge in [0.2, 0.25) is 11.8 Å². The van der Waals surface area contributed by atoms with Gasteiger partial charge in [-0.05, 0) is 119 Å². The van der Waals surface area contributed by atoms with Gasteiger partial charge in [0, 0.05) is 50.7 Å². The Hall–Kier alpha value is -6.72. The molecule has 8 aromatic rings. The van der Waals surface area contributed by atoms with Gasteiger partial charge in [-0.15, -0.1) is 10.2 Å². The number of hydrogen-bond donors (Lipinski definition) is 0. The summed E-state index contributed by atoms with van der Waals surface area (Å²) in [6.07, 6.45) is 0. The van der Waals surface area contributed by atoms with Crippen LogP contribution in [0.1, 0.15) is 25.0 Å². The highest BCUT2D eigenvalue weighted by Crippen LogP contribution is 2.50. The molecule has 1 aromatic heterocycles. The zero-order valence-electron chi connectivity index (χ0n) is 29.0. The summed E-state index contributed by atoms with van der Waals surface area (Å²) >= 11 is 0. The number of para-hydroxylation sites is 2. The van der Waals surface area contributed by atoms with Crippen LogP contribution in [0.2, 0.25) is 0 Å². The highest BCUT2D eigenvalue weighted by molar-refractivity contribution is 5.86. The van der Waals surface area contributed by atoms with Crippen molar-refractivity contribution in [1.82, 2.24) is 10.2 Å². The van der Waals surface area contributed by atoms with Crippen molar-refractivity contribution in [2.45, 2.75) is 19.3 Å². The number of rotatable bonds is 8. The summed E-state index contributed by atoms with van der Waals surface area (Å²) in [5.41, 5.74) is 13.4. The Morgan fingerprint density at radius 1 is 0.385 bits per heavy atom. The summed E-state index contributed by atoms with van der Waals surface area (Å²) in [7, 11) is 0. The average molecular weight is 673 g/mol. The van der Waals surface area contributed by atoms with Crippen LogP contribution in [-0.2, 0) is 5.41 Å². The lowest BCUT2D eigenvalue weighted by atomic mass is 9.82. The second-order valence-corrected chi connectivity index (χ2v) is 13.6. The van der Waals surface area contributed by atoms with Crippen LogP contribution in [0.15, 0.2) is 186 Å². The zero-order chi connectivity index (χ0) is 35.1. The molecule has 0 radical (unpaired) electrons. The fourth-order valence-electron chi connectivity index (χ4n) is 7.42. The van der Waals surface area contributed by atoms with Crippen LogP contribution in [0.4, 0.5) is 34.1 Å². The van der Waals surface area contributed by atoms with E-state index in [0.717, 1.165) is 45.3 Å². The summed E-state index contributed by atoms with van der Waals surface area (Å²) in [6, 6.07) is 63.7. The maximum atomic E-state index is 6.10. The van der Waals surface area contributed by atoms with E-state index in [1.807, 2.05) is 30.3 Å². The molecule has 0 N–H and O–H groups in total. The van der Waals surface area contributed by atoms with Gasteiger partial charge < -0.3 is 14.2 Å². The normalized spacial score (nSPS) is 12.6. The molecule has 1 heterocycles. The van der Waals surface area contributed by atoms with Crippen molar-refractivity contribution in [3.63, 3.8) is 0 Å².